The fourth-order valence-corrected chi connectivity index (χ4v) is 3.25. The van der Waals surface area contributed by atoms with E-state index in [1.54, 1.807) is 7.05 Å². The Morgan fingerprint density at radius 3 is 2.29 bits per heavy atom. The number of nitrogens with one attached hydrogen (secondary N) is 2. The van der Waals surface area contributed by atoms with Crippen molar-refractivity contribution in [2.45, 2.75) is 24.7 Å². The second kappa shape index (κ2) is 9.51. The van der Waals surface area contributed by atoms with E-state index in [0.717, 1.165) is 0 Å². The zero-order valence-corrected chi connectivity index (χ0v) is 15.1. The molecule has 0 heterocycles. The van der Waals surface area contributed by atoms with Crippen LogP contribution in [0.2, 0.25) is 0 Å². The third kappa shape index (κ3) is 6.03. The van der Waals surface area contributed by atoms with Crippen molar-refractivity contribution < 1.29 is 18.0 Å². The normalized spacial score (nSPS) is 11.5. The zero-order chi connectivity index (χ0) is 18.2. The second-order valence-corrected chi connectivity index (χ2v) is 7.51. The first kappa shape index (κ1) is 20.3. The minimum Gasteiger partial charge on any atom is -0.355 e. The number of benzene rings is 1. The lowest BCUT2D eigenvalue weighted by Crippen LogP contribution is -2.32. The average Bonchev–Trinajstić information content (AvgIpc) is 2.55. The van der Waals surface area contributed by atoms with Crippen LogP contribution in [0.5, 0.6) is 0 Å². The molecule has 1 aromatic rings. The van der Waals surface area contributed by atoms with Crippen LogP contribution in [-0.2, 0) is 14.8 Å². The van der Waals surface area contributed by atoms with Crippen molar-refractivity contribution in [3.05, 3.63) is 29.8 Å². The summed E-state index contributed by atoms with van der Waals surface area (Å²) in [6.45, 7) is 2.91. The molecule has 0 aliphatic carbocycles. The van der Waals surface area contributed by atoms with Gasteiger partial charge in [-0.25, -0.2) is 12.7 Å². The molecule has 1 amide bonds. The molecule has 0 fully saturated rings. The van der Waals surface area contributed by atoms with Crippen LogP contribution in [0.25, 0.3) is 0 Å². The molecular formula is C16H25N3O4S. The molecule has 7 nitrogen and oxygen atoms in total. The molecular weight excluding hydrogens is 330 g/mol. The molecule has 134 valence electrons. The minimum atomic E-state index is -3.62. The van der Waals surface area contributed by atoms with Crippen LogP contribution in [0.3, 0.4) is 0 Å². The number of ketones is 1. The number of sulfonamides is 1. The van der Waals surface area contributed by atoms with E-state index >= 15 is 0 Å². The summed E-state index contributed by atoms with van der Waals surface area (Å²) in [6, 6.07) is 5.84. The highest BCUT2D eigenvalue weighted by Crippen LogP contribution is 2.16. The number of hydrogen-bond donors (Lipinski definition) is 2. The van der Waals surface area contributed by atoms with Crippen LogP contribution in [0.4, 0.5) is 0 Å². The van der Waals surface area contributed by atoms with Gasteiger partial charge in [-0.2, -0.15) is 0 Å². The van der Waals surface area contributed by atoms with Crippen molar-refractivity contribution in [3.63, 3.8) is 0 Å². The third-order valence-electron chi connectivity index (χ3n) is 3.54. The maximum Gasteiger partial charge on any atom is 0.242 e. The van der Waals surface area contributed by atoms with Crippen molar-refractivity contribution in [3.8, 4) is 0 Å². The monoisotopic (exact) mass is 355 g/mol. The van der Waals surface area contributed by atoms with Gasteiger partial charge in [0.1, 0.15) is 0 Å². The second-order valence-electron chi connectivity index (χ2n) is 5.46. The Balaban J connectivity index is 2.55. The van der Waals surface area contributed by atoms with E-state index in [1.165, 1.54) is 42.5 Å². The summed E-state index contributed by atoms with van der Waals surface area (Å²) < 4.78 is 26.1. The number of Topliss-reactive ketones (excluding diaryl/α,β-unsaturated/α-hetero) is 1. The molecule has 0 spiro atoms. The molecule has 0 radical (unpaired) electrons. The first-order valence-corrected chi connectivity index (χ1v) is 9.21. The van der Waals surface area contributed by atoms with Crippen molar-refractivity contribution in [1.82, 2.24) is 14.9 Å². The summed E-state index contributed by atoms with van der Waals surface area (Å²) in [5.41, 5.74) is 0.467. The molecule has 0 aliphatic rings. The maximum absolute atomic E-state index is 12.4. The molecule has 0 unspecified atom stereocenters. The van der Waals surface area contributed by atoms with Gasteiger partial charge in [0.05, 0.1) is 4.90 Å². The highest BCUT2D eigenvalue weighted by atomic mass is 32.2. The van der Waals surface area contributed by atoms with Crippen molar-refractivity contribution in [1.29, 1.82) is 0 Å². The van der Waals surface area contributed by atoms with E-state index in [-0.39, 0.29) is 29.6 Å². The summed E-state index contributed by atoms with van der Waals surface area (Å²) in [5, 5.41) is 5.67. The van der Waals surface area contributed by atoms with E-state index in [4.69, 9.17) is 0 Å². The van der Waals surface area contributed by atoms with Crippen LogP contribution < -0.4 is 10.6 Å². The molecule has 2 N–H and O–H groups in total. The number of carbonyl (C=O) groups excluding carboxylic acids is 2. The molecule has 0 saturated heterocycles. The summed E-state index contributed by atoms with van der Waals surface area (Å²) in [6.07, 6.45) is 0.708. The Bertz CT molecular complexity index is 656. The van der Waals surface area contributed by atoms with Gasteiger partial charge in [0.15, 0.2) is 5.78 Å². The maximum atomic E-state index is 12.4. The number of rotatable bonds is 10. The van der Waals surface area contributed by atoms with E-state index in [9.17, 15) is 18.0 Å². The van der Waals surface area contributed by atoms with Gasteiger partial charge >= 0.3 is 0 Å². The quantitative estimate of drug-likeness (QED) is 0.474. The summed E-state index contributed by atoms with van der Waals surface area (Å²) >= 11 is 0. The molecule has 24 heavy (non-hydrogen) atoms. The summed E-state index contributed by atoms with van der Waals surface area (Å²) in [5.74, 6) is -0.210. The first-order valence-electron chi connectivity index (χ1n) is 7.77. The smallest absolute Gasteiger partial charge is 0.242 e. The molecule has 1 rings (SSSR count). The largest absolute Gasteiger partial charge is 0.355 e. The van der Waals surface area contributed by atoms with Gasteiger partial charge in [-0.1, -0.05) is 12.1 Å². The molecule has 1 aromatic carbocycles. The zero-order valence-electron chi connectivity index (χ0n) is 14.3. The lowest BCUT2D eigenvalue weighted by atomic mass is 10.2. The van der Waals surface area contributed by atoms with Crippen molar-refractivity contribution in [2.75, 3.05) is 33.7 Å². The molecule has 0 aromatic heterocycles. The fourth-order valence-electron chi connectivity index (χ4n) is 2.04. The highest BCUT2D eigenvalue weighted by Gasteiger charge is 2.20. The van der Waals surface area contributed by atoms with Gasteiger partial charge in [0.25, 0.3) is 0 Å². The molecule has 0 saturated carbocycles. The van der Waals surface area contributed by atoms with Gasteiger partial charge in [-0.05, 0) is 32.5 Å². The molecule has 0 aliphatic heterocycles. The number of hydrogen-bond acceptors (Lipinski definition) is 5. The molecule has 0 bridgehead atoms. The van der Waals surface area contributed by atoms with Crippen LogP contribution in [0.1, 0.15) is 30.1 Å². The number of nitrogens with zero attached hydrogens (tertiary/aromatic N) is 1. The topological polar surface area (TPSA) is 95.6 Å². The SMILES string of the molecule is CNCCNC(=O)CCCN(C)S(=O)(=O)c1ccc(C(C)=O)cc1. The fraction of sp³-hybridized carbons (Fsp3) is 0.500. The Hall–Kier alpha value is -1.77. The van der Waals surface area contributed by atoms with Gasteiger partial charge < -0.3 is 10.6 Å². The van der Waals surface area contributed by atoms with E-state index in [2.05, 4.69) is 10.6 Å². The predicted molar refractivity (Wildman–Crippen MR) is 92.4 cm³/mol. The molecule has 0 atom stereocenters. The number of carbonyl (C=O) groups is 2. The highest BCUT2D eigenvalue weighted by molar-refractivity contribution is 7.89. The van der Waals surface area contributed by atoms with Gasteiger partial charge in [-0.15, -0.1) is 0 Å². The Kier molecular flexibility index (Phi) is 8.03. The van der Waals surface area contributed by atoms with E-state index in [1.807, 2.05) is 0 Å². The van der Waals surface area contributed by atoms with Crippen LogP contribution in [0.15, 0.2) is 29.2 Å². The number of amides is 1. The van der Waals surface area contributed by atoms with Gasteiger partial charge in [-0.3, -0.25) is 9.59 Å². The lowest BCUT2D eigenvalue weighted by Gasteiger charge is -2.17. The molecule has 8 heteroatoms. The Morgan fingerprint density at radius 1 is 1.12 bits per heavy atom. The lowest BCUT2D eigenvalue weighted by molar-refractivity contribution is -0.121. The van der Waals surface area contributed by atoms with E-state index < -0.39 is 10.0 Å². The summed E-state index contributed by atoms with van der Waals surface area (Å²) in [7, 11) is -0.340. The predicted octanol–water partition coefficient (Wildman–Crippen LogP) is 0.626. The van der Waals surface area contributed by atoms with E-state index in [0.29, 0.717) is 25.1 Å². The van der Waals surface area contributed by atoms with Crippen molar-refractivity contribution >= 4 is 21.7 Å². The van der Waals surface area contributed by atoms with Crippen LogP contribution in [-0.4, -0.2) is 58.1 Å². The Labute approximate surface area is 143 Å². The van der Waals surface area contributed by atoms with Gasteiger partial charge in [0, 0.05) is 38.7 Å². The minimum absolute atomic E-state index is 0.0955. The van der Waals surface area contributed by atoms with Crippen LogP contribution >= 0.6 is 0 Å². The van der Waals surface area contributed by atoms with Crippen LogP contribution in [0, 0.1) is 0 Å². The standard InChI is InChI=1S/C16H25N3O4S/c1-13(20)14-6-8-15(9-7-14)24(22,23)19(3)12-4-5-16(21)18-11-10-17-2/h6-9,17H,4-5,10-12H2,1-3H3,(H,18,21). The third-order valence-corrected chi connectivity index (χ3v) is 5.41. The summed E-state index contributed by atoms with van der Waals surface area (Å²) in [4.78, 5) is 23.0. The number of likely N-dealkylation sites (N-methyl/N-ethyl adjacent to an activating group) is 1. The average molecular weight is 355 g/mol. The van der Waals surface area contributed by atoms with Crippen molar-refractivity contribution in [2.24, 2.45) is 0 Å². The van der Waals surface area contributed by atoms with Gasteiger partial charge in [0.2, 0.25) is 15.9 Å². The Morgan fingerprint density at radius 2 is 1.75 bits per heavy atom. The first-order chi connectivity index (χ1) is 11.3.